The van der Waals surface area contributed by atoms with Crippen LogP contribution in [0, 0.1) is 5.92 Å². The van der Waals surface area contributed by atoms with Gasteiger partial charge in [0, 0.05) is 57.1 Å². The molecule has 3 aromatic heterocycles. The monoisotopic (exact) mass is 411 g/mol. The van der Waals surface area contributed by atoms with E-state index in [-0.39, 0.29) is 24.8 Å². The van der Waals surface area contributed by atoms with E-state index < -0.39 is 11.2 Å². The van der Waals surface area contributed by atoms with E-state index in [1.807, 2.05) is 4.90 Å². The van der Waals surface area contributed by atoms with E-state index in [0.717, 1.165) is 12.8 Å². The lowest BCUT2D eigenvalue weighted by atomic mass is 9.94. The molecule has 3 aromatic rings. The Kier molecular flexibility index (Phi) is 5.77. The normalized spacial score (nSPS) is 16.5. The molecule has 4 heterocycles. The third-order valence-electron chi connectivity index (χ3n) is 5.06. The van der Waals surface area contributed by atoms with Crippen molar-refractivity contribution in [1.82, 2.24) is 34.6 Å². The highest BCUT2D eigenvalue weighted by molar-refractivity contribution is 5.76. The second-order valence-electron chi connectivity index (χ2n) is 7.21. The maximum absolute atomic E-state index is 12.6. The summed E-state index contributed by atoms with van der Waals surface area (Å²) in [5, 5.41) is 3.96. The maximum Gasteiger partial charge on any atom is 0.328 e. The number of rotatable bonds is 6. The second-order valence-corrected chi connectivity index (χ2v) is 7.21. The molecule has 1 saturated heterocycles. The molecule has 4 rings (SSSR count). The summed E-state index contributed by atoms with van der Waals surface area (Å²) in [4.78, 5) is 52.0. The van der Waals surface area contributed by atoms with Gasteiger partial charge in [-0.2, -0.15) is 4.98 Å². The molecule has 1 aliphatic rings. The average molecular weight is 411 g/mol. The molecule has 11 nitrogen and oxygen atoms in total. The van der Waals surface area contributed by atoms with Crippen LogP contribution < -0.4 is 11.2 Å². The molecule has 1 N–H and O–H groups in total. The van der Waals surface area contributed by atoms with Gasteiger partial charge in [-0.15, -0.1) is 0 Å². The Hall–Kier alpha value is -3.63. The maximum atomic E-state index is 12.6. The molecule has 1 aliphatic heterocycles. The lowest BCUT2D eigenvalue weighted by Gasteiger charge is -2.32. The highest BCUT2D eigenvalue weighted by Crippen LogP contribution is 2.22. The number of aromatic nitrogens is 6. The zero-order valence-corrected chi connectivity index (χ0v) is 16.2. The van der Waals surface area contributed by atoms with Gasteiger partial charge in [-0.25, -0.2) is 9.78 Å². The van der Waals surface area contributed by atoms with Crippen LogP contribution in [0.2, 0.25) is 0 Å². The van der Waals surface area contributed by atoms with E-state index in [0.29, 0.717) is 36.9 Å². The third kappa shape index (κ3) is 4.67. The second kappa shape index (κ2) is 8.80. The molecule has 0 aromatic carbocycles. The number of hydrogen-bond donors (Lipinski definition) is 1. The zero-order chi connectivity index (χ0) is 20.9. The smallest absolute Gasteiger partial charge is 0.328 e. The lowest BCUT2D eigenvalue weighted by Crippen LogP contribution is -2.41. The number of nitrogens with zero attached hydrogens (tertiary/aromatic N) is 6. The summed E-state index contributed by atoms with van der Waals surface area (Å²) in [6.07, 6.45) is 8.74. The van der Waals surface area contributed by atoms with E-state index in [4.69, 9.17) is 4.52 Å². The molecule has 1 fully saturated rings. The molecular formula is C19H21N7O4. The summed E-state index contributed by atoms with van der Waals surface area (Å²) in [5.41, 5.74) is -0.419. The van der Waals surface area contributed by atoms with Crippen molar-refractivity contribution in [2.45, 2.75) is 32.2 Å². The fraction of sp³-hybridized carbons (Fsp3) is 0.421. The van der Waals surface area contributed by atoms with Crippen LogP contribution in [0.3, 0.4) is 0 Å². The summed E-state index contributed by atoms with van der Waals surface area (Å²) in [7, 11) is 0. The van der Waals surface area contributed by atoms with Crippen LogP contribution in [-0.4, -0.2) is 53.6 Å². The molecule has 1 unspecified atom stereocenters. The van der Waals surface area contributed by atoms with Crippen molar-refractivity contribution in [1.29, 1.82) is 0 Å². The van der Waals surface area contributed by atoms with Gasteiger partial charge in [0.1, 0.15) is 5.69 Å². The van der Waals surface area contributed by atoms with Gasteiger partial charge in [0.05, 0.1) is 6.20 Å². The number of hydrogen-bond acceptors (Lipinski definition) is 8. The number of amides is 1. The van der Waals surface area contributed by atoms with E-state index in [2.05, 4.69) is 25.1 Å². The minimum atomic E-state index is -0.512. The summed E-state index contributed by atoms with van der Waals surface area (Å²) in [5.74, 6) is 1.10. The van der Waals surface area contributed by atoms with Crippen LogP contribution in [0.5, 0.6) is 0 Å². The Morgan fingerprint density at radius 1 is 1.30 bits per heavy atom. The first-order valence-corrected chi connectivity index (χ1v) is 9.75. The summed E-state index contributed by atoms with van der Waals surface area (Å²) in [6, 6.07) is 1.27. The predicted molar refractivity (Wildman–Crippen MR) is 104 cm³/mol. The molecule has 156 valence electrons. The average Bonchev–Trinajstić information content (AvgIpc) is 3.22. The van der Waals surface area contributed by atoms with Gasteiger partial charge in [0.15, 0.2) is 0 Å². The van der Waals surface area contributed by atoms with Gasteiger partial charge in [-0.1, -0.05) is 5.16 Å². The Balaban J connectivity index is 1.33. The molecule has 1 amide bonds. The van der Waals surface area contributed by atoms with Gasteiger partial charge < -0.3 is 14.0 Å². The van der Waals surface area contributed by atoms with Crippen LogP contribution >= 0.6 is 0 Å². The van der Waals surface area contributed by atoms with Crippen molar-refractivity contribution in [3.05, 3.63) is 57.6 Å². The molecule has 0 aliphatic carbocycles. The number of aromatic amines is 1. The zero-order valence-electron chi connectivity index (χ0n) is 16.2. The number of piperidine rings is 1. The number of aryl methyl sites for hydroxylation is 1. The standard InChI is InChI=1S/C19H21N7O4/c27-15-3-8-25(19(29)22-15)9-4-17(28)26-7-1-2-13(12-26)10-16-23-18(24-30-16)14-11-20-5-6-21-14/h3,5-6,8,11,13H,1-2,4,7,9-10,12H2,(H,22,27,29). The first-order chi connectivity index (χ1) is 14.6. The Morgan fingerprint density at radius 2 is 2.20 bits per heavy atom. The topological polar surface area (TPSA) is 140 Å². The quantitative estimate of drug-likeness (QED) is 0.609. The molecule has 30 heavy (non-hydrogen) atoms. The van der Waals surface area contributed by atoms with Crippen molar-refractivity contribution >= 4 is 5.91 Å². The number of carbonyl (C=O) groups excluding carboxylic acids is 1. The molecule has 0 radical (unpaired) electrons. The predicted octanol–water partition coefficient (Wildman–Crippen LogP) is 0.248. The first kappa shape index (κ1) is 19.7. The fourth-order valence-electron chi connectivity index (χ4n) is 3.56. The van der Waals surface area contributed by atoms with Crippen molar-refractivity contribution < 1.29 is 9.32 Å². The number of nitrogens with one attached hydrogen (secondary N) is 1. The highest BCUT2D eigenvalue weighted by atomic mass is 16.5. The van der Waals surface area contributed by atoms with Crippen LogP contribution in [0.15, 0.2) is 45.0 Å². The summed E-state index contributed by atoms with van der Waals surface area (Å²) >= 11 is 0. The highest BCUT2D eigenvalue weighted by Gasteiger charge is 2.25. The van der Waals surface area contributed by atoms with Gasteiger partial charge in [-0.05, 0) is 18.8 Å². The van der Waals surface area contributed by atoms with Gasteiger partial charge >= 0.3 is 5.69 Å². The number of likely N-dealkylation sites (tertiary alicyclic amines) is 1. The number of H-pyrrole nitrogens is 1. The molecule has 0 spiro atoms. The van der Waals surface area contributed by atoms with Crippen LogP contribution in [0.1, 0.15) is 25.2 Å². The molecular weight excluding hydrogens is 390 g/mol. The Morgan fingerprint density at radius 3 is 3.00 bits per heavy atom. The molecule has 0 bridgehead atoms. The van der Waals surface area contributed by atoms with Crippen LogP contribution in [-0.2, 0) is 17.8 Å². The van der Waals surface area contributed by atoms with Crippen molar-refractivity contribution in [3.8, 4) is 11.5 Å². The van der Waals surface area contributed by atoms with E-state index in [9.17, 15) is 14.4 Å². The van der Waals surface area contributed by atoms with Gasteiger partial charge in [-0.3, -0.25) is 19.6 Å². The van der Waals surface area contributed by atoms with Crippen molar-refractivity contribution in [3.63, 3.8) is 0 Å². The van der Waals surface area contributed by atoms with Gasteiger partial charge in [0.25, 0.3) is 5.56 Å². The van der Waals surface area contributed by atoms with E-state index >= 15 is 0 Å². The fourth-order valence-corrected chi connectivity index (χ4v) is 3.56. The van der Waals surface area contributed by atoms with Crippen LogP contribution in [0.4, 0.5) is 0 Å². The van der Waals surface area contributed by atoms with Gasteiger partial charge in [0.2, 0.25) is 17.6 Å². The Bertz CT molecular complexity index is 1120. The molecule has 11 heteroatoms. The molecule has 1 atom stereocenters. The lowest BCUT2D eigenvalue weighted by molar-refractivity contribution is -0.133. The largest absolute Gasteiger partial charge is 0.342 e. The number of carbonyl (C=O) groups is 1. The van der Waals surface area contributed by atoms with E-state index in [1.54, 1.807) is 18.6 Å². The minimum Gasteiger partial charge on any atom is -0.342 e. The third-order valence-corrected chi connectivity index (χ3v) is 5.06. The SMILES string of the molecule is O=C(CCn1ccc(=O)[nH]c1=O)N1CCCC(Cc2nc(-c3cnccn3)no2)C1. The van der Waals surface area contributed by atoms with Crippen molar-refractivity contribution in [2.75, 3.05) is 13.1 Å². The summed E-state index contributed by atoms with van der Waals surface area (Å²) < 4.78 is 6.67. The van der Waals surface area contributed by atoms with Crippen molar-refractivity contribution in [2.24, 2.45) is 5.92 Å². The molecule has 0 saturated carbocycles. The van der Waals surface area contributed by atoms with Crippen LogP contribution in [0.25, 0.3) is 11.5 Å². The minimum absolute atomic E-state index is 0.0245. The Labute approximate surface area is 170 Å². The van der Waals surface area contributed by atoms with E-state index in [1.165, 1.54) is 16.8 Å². The first-order valence-electron chi connectivity index (χ1n) is 9.75. The summed E-state index contributed by atoms with van der Waals surface area (Å²) in [6.45, 7) is 1.51.